The summed E-state index contributed by atoms with van der Waals surface area (Å²) in [5.41, 5.74) is 0.781. The molecule has 0 fully saturated rings. The third-order valence-electron chi connectivity index (χ3n) is 1.89. The van der Waals surface area contributed by atoms with Gasteiger partial charge in [0.25, 0.3) is 0 Å². The minimum absolute atomic E-state index is 0.238. The van der Waals surface area contributed by atoms with E-state index in [0.717, 1.165) is 6.42 Å². The number of pyridine rings is 1. The van der Waals surface area contributed by atoms with Gasteiger partial charge in [-0.05, 0) is 12.5 Å². The number of nitrogens with one attached hydrogen (secondary N) is 1. The van der Waals surface area contributed by atoms with Crippen LogP contribution < -0.4 is 5.32 Å². The number of aromatic carboxylic acids is 1. The average molecular weight is 210 g/mol. The second-order valence-corrected chi connectivity index (χ2v) is 3.00. The first-order chi connectivity index (χ1) is 7.25. The molecule has 1 rings (SSSR count). The number of aromatic nitrogens is 1. The second-order valence-electron chi connectivity index (χ2n) is 3.00. The van der Waals surface area contributed by atoms with Crippen LogP contribution in [0.25, 0.3) is 0 Å². The van der Waals surface area contributed by atoms with Crippen LogP contribution in [0.3, 0.4) is 0 Å². The van der Waals surface area contributed by atoms with Gasteiger partial charge in [0.05, 0.1) is 17.4 Å². The number of rotatable bonds is 6. The highest BCUT2D eigenvalue weighted by atomic mass is 16.5. The zero-order valence-electron chi connectivity index (χ0n) is 8.56. The van der Waals surface area contributed by atoms with Crippen molar-refractivity contribution in [3.63, 3.8) is 0 Å². The quantitative estimate of drug-likeness (QED) is 0.691. The van der Waals surface area contributed by atoms with Gasteiger partial charge in [0.2, 0.25) is 0 Å². The van der Waals surface area contributed by atoms with E-state index >= 15 is 0 Å². The summed E-state index contributed by atoms with van der Waals surface area (Å²) in [4.78, 5) is 14.7. The van der Waals surface area contributed by atoms with E-state index in [1.165, 1.54) is 18.5 Å². The zero-order valence-corrected chi connectivity index (χ0v) is 8.56. The molecule has 5 nitrogen and oxygen atoms in total. The van der Waals surface area contributed by atoms with E-state index in [1.54, 1.807) is 7.11 Å². The lowest BCUT2D eigenvalue weighted by Crippen LogP contribution is -2.09. The molecule has 82 valence electrons. The molecular weight excluding hydrogens is 196 g/mol. The van der Waals surface area contributed by atoms with Crippen molar-refractivity contribution in [3.8, 4) is 0 Å². The summed E-state index contributed by atoms with van der Waals surface area (Å²) >= 11 is 0. The van der Waals surface area contributed by atoms with Crippen LogP contribution in [0.15, 0.2) is 18.5 Å². The van der Waals surface area contributed by atoms with E-state index in [-0.39, 0.29) is 5.56 Å². The smallest absolute Gasteiger partial charge is 0.337 e. The summed E-state index contributed by atoms with van der Waals surface area (Å²) in [6.45, 7) is 1.31. The van der Waals surface area contributed by atoms with Gasteiger partial charge in [-0.15, -0.1) is 0 Å². The first kappa shape index (κ1) is 11.5. The Labute approximate surface area is 88.1 Å². The lowest BCUT2D eigenvalue weighted by atomic mass is 10.2. The maximum absolute atomic E-state index is 10.8. The van der Waals surface area contributed by atoms with E-state index < -0.39 is 5.97 Å². The number of ether oxygens (including phenoxy) is 1. The lowest BCUT2D eigenvalue weighted by molar-refractivity contribution is 0.0698. The molecule has 0 spiro atoms. The molecule has 0 aliphatic heterocycles. The second kappa shape index (κ2) is 5.98. The Bertz CT molecular complexity index is 328. The first-order valence-corrected chi connectivity index (χ1v) is 4.66. The molecule has 1 heterocycles. The molecular formula is C10H14N2O3. The van der Waals surface area contributed by atoms with Gasteiger partial charge >= 0.3 is 5.97 Å². The number of carboxylic acids is 1. The Morgan fingerprint density at radius 2 is 2.47 bits per heavy atom. The van der Waals surface area contributed by atoms with Crippen molar-refractivity contribution in [1.29, 1.82) is 0 Å². The maximum Gasteiger partial charge on any atom is 0.337 e. The monoisotopic (exact) mass is 210 g/mol. The van der Waals surface area contributed by atoms with Gasteiger partial charge in [-0.25, -0.2) is 4.79 Å². The van der Waals surface area contributed by atoms with Crippen LogP contribution >= 0.6 is 0 Å². The third-order valence-corrected chi connectivity index (χ3v) is 1.89. The molecule has 0 unspecified atom stereocenters. The fourth-order valence-electron chi connectivity index (χ4n) is 1.16. The molecule has 0 aliphatic carbocycles. The molecule has 1 aromatic heterocycles. The number of hydrogen-bond donors (Lipinski definition) is 2. The van der Waals surface area contributed by atoms with Crippen LogP contribution in [0.5, 0.6) is 0 Å². The van der Waals surface area contributed by atoms with Gasteiger partial charge < -0.3 is 15.2 Å². The number of anilines is 1. The molecule has 0 saturated carbocycles. The molecule has 0 radical (unpaired) electrons. The Morgan fingerprint density at radius 3 is 3.13 bits per heavy atom. The largest absolute Gasteiger partial charge is 0.478 e. The molecule has 5 heteroatoms. The summed E-state index contributed by atoms with van der Waals surface area (Å²) in [5, 5.41) is 11.9. The summed E-state index contributed by atoms with van der Waals surface area (Å²) < 4.78 is 4.89. The normalized spacial score (nSPS) is 9.93. The molecule has 15 heavy (non-hydrogen) atoms. The van der Waals surface area contributed by atoms with Crippen molar-refractivity contribution in [2.75, 3.05) is 25.6 Å². The SMILES string of the molecule is COCCCNc1cnccc1C(=O)O. The average Bonchev–Trinajstić information content (AvgIpc) is 2.25. The molecule has 1 aromatic rings. The Morgan fingerprint density at radius 1 is 1.67 bits per heavy atom. The Balaban J connectivity index is 2.56. The van der Waals surface area contributed by atoms with Crippen LogP contribution in [0, 0.1) is 0 Å². The maximum atomic E-state index is 10.8. The Kier molecular flexibility index (Phi) is 4.56. The van der Waals surface area contributed by atoms with Crippen molar-refractivity contribution in [3.05, 3.63) is 24.0 Å². The molecule has 0 amide bonds. The number of carbonyl (C=O) groups is 1. The van der Waals surface area contributed by atoms with E-state index in [1.807, 2.05) is 0 Å². The van der Waals surface area contributed by atoms with Gasteiger partial charge in [0.15, 0.2) is 0 Å². The number of hydrogen-bond acceptors (Lipinski definition) is 4. The molecule has 0 atom stereocenters. The number of nitrogens with zero attached hydrogens (tertiary/aromatic N) is 1. The predicted molar refractivity (Wildman–Crippen MR) is 56.2 cm³/mol. The van der Waals surface area contributed by atoms with Crippen LogP contribution in [-0.4, -0.2) is 36.3 Å². The van der Waals surface area contributed by atoms with E-state index in [0.29, 0.717) is 18.8 Å². The fraction of sp³-hybridized carbons (Fsp3) is 0.400. The predicted octanol–water partition coefficient (Wildman–Crippen LogP) is 1.23. The lowest BCUT2D eigenvalue weighted by Gasteiger charge is -2.07. The van der Waals surface area contributed by atoms with Crippen LogP contribution in [0.4, 0.5) is 5.69 Å². The molecule has 2 N–H and O–H groups in total. The first-order valence-electron chi connectivity index (χ1n) is 4.66. The highest BCUT2D eigenvalue weighted by Gasteiger charge is 2.08. The van der Waals surface area contributed by atoms with Gasteiger partial charge in [0.1, 0.15) is 0 Å². The van der Waals surface area contributed by atoms with Gasteiger partial charge in [-0.2, -0.15) is 0 Å². The summed E-state index contributed by atoms with van der Waals surface area (Å²) in [7, 11) is 1.63. The van der Waals surface area contributed by atoms with Gasteiger partial charge in [-0.1, -0.05) is 0 Å². The van der Waals surface area contributed by atoms with Crippen molar-refractivity contribution < 1.29 is 14.6 Å². The van der Waals surface area contributed by atoms with Crippen LogP contribution in [0.1, 0.15) is 16.8 Å². The topological polar surface area (TPSA) is 71.5 Å². The van der Waals surface area contributed by atoms with Gasteiger partial charge in [0, 0.05) is 26.5 Å². The highest BCUT2D eigenvalue weighted by molar-refractivity contribution is 5.93. The summed E-state index contributed by atoms with van der Waals surface area (Å²) in [6.07, 6.45) is 3.80. The third kappa shape index (κ3) is 3.55. The summed E-state index contributed by atoms with van der Waals surface area (Å²) in [5.74, 6) is -0.952. The van der Waals surface area contributed by atoms with Crippen molar-refractivity contribution in [1.82, 2.24) is 4.98 Å². The molecule has 0 saturated heterocycles. The van der Waals surface area contributed by atoms with E-state index in [2.05, 4.69) is 10.3 Å². The molecule has 0 aromatic carbocycles. The molecule has 0 bridgehead atoms. The van der Waals surface area contributed by atoms with Crippen LogP contribution in [0.2, 0.25) is 0 Å². The van der Waals surface area contributed by atoms with Gasteiger partial charge in [-0.3, -0.25) is 4.98 Å². The van der Waals surface area contributed by atoms with E-state index in [4.69, 9.17) is 9.84 Å². The van der Waals surface area contributed by atoms with Crippen molar-refractivity contribution in [2.45, 2.75) is 6.42 Å². The highest BCUT2D eigenvalue weighted by Crippen LogP contribution is 2.12. The zero-order chi connectivity index (χ0) is 11.1. The number of carboxylic acid groups (broad SMARTS) is 1. The Hall–Kier alpha value is -1.62. The standard InChI is InChI=1S/C10H14N2O3/c1-15-6-2-4-12-9-7-11-5-3-8(9)10(13)14/h3,5,7,12H,2,4,6H2,1H3,(H,13,14). The van der Waals surface area contributed by atoms with E-state index in [9.17, 15) is 4.79 Å². The van der Waals surface area contributed by atoms with Crippen LogP contribution in [-0.2, 0) is 4.74 Å². The molecule has 0 aliphatic rings. The summed E-state index contributed by atoms with van der Waals surface area (Å²) in [6, 6.07) is 1.47. The minimum atomic E-state index is -0.952. The van der Waals surface area contributed by atoms with Crippen molar-refractivity contribution in [2.24, 2.45) is 0 Å². The fourth-order valence-corrected chi connectivity index (χ4v) is 1.16. The van der Waals surface area contributed by atoms with Crippen molar-refractivity contribution >= 4 is 11.7 Å². The minimum Gasteiger partial charge on any atom is -0.478 e. The number of methoxy groups -OCH3 is 1.